The number of aryl methyl sites for hydroxylation is 1. The molecule has 28 heavy (non-hydrogen) atoms. The molecule has 2 aromatic heterocycles. The van der Waals surface area contributed by atoms with E-state index in [4.69, 9.17) is 11.6 Å². The molecule has 1 amide bonds. The summed E-state index contributed by atoms with van der Waals surface area (Å²) in [4.78, 5) is 31.7. The maximum atomic E-state index is 12.9. The molecule has 4 rings (SSSR count). The average Bonchev–Trinajstić information content (AvgIpc) is 3.22. The molecule has 1 aliphatic rings. The number of hydrogen-bond acceptors (Lipinski definition) is 4. The molecule has 144 valence electrons. The van der Waals surface area contributed by atoms with Crippen LogP contribution in [0.15, 0.2) is 47.4 Å². The van der Waals surface area contributed by atoms with Gasteiger partial charge in [-0.05, 0) is 49.6 Å². The number of anilines is 1. The summed E-state index contributed by atoms with van der Waals surface area (Å²) in [5.74, 6) is -0.0233. The lowest BCUT2D eigenvalue weighted by Gasteiger charge is -2.18. The largest absolute Gasteiger partial charge is 0.379 e. The Kier molecular flexibility index (Phi) is 5.05. The summed E-state index contributed by atoms with van der Waals surface area (Å²) in [5.41, 5.74) is 3.29. The fourth-order valence-electron chi connectivity index (χ4n) is 3.52. The minimum absolute atomic E-state index is 0.0233. The first-order valence-corrected chi connectivity index (χ1v) is 9.71. The number of aromatic nitrogens is 2. The summed E-state index contributed by atoms with van der Waals surface area (Å²) in [5, 5.41) is 3.77. The fraction of sp³-hybridized carbons (Fsp3) is 0.286. The monoisotopic (exact) mass is 396 g/mol. The maximum Gasteiger partial charge on any atom is 0.258 e. The molecular weight excluding hydrogens is 376 g/mol. The Bertz CT molecular complexity index is 1100. The fourth-order valence-corrected chi connectivity index (χ4v) is 3.70. The second-order valence-corrected chi connectivity index (χ2v) is 7.45. The van der Waals surface area contributed by atoms with E-state index in [2.05, 4.69) is 10.3 Å². The average molecular weight is 397 g/mol. The number of carbonyl (C=O) groups excluding carboxylic acids is 1. The number of carbonyl (C=O) groups is 1. The standard InChI is InChI=1S/C21H21ClN4O2/c1-14-5-4-10-26-19(27)12-16(24-20(14)26)13-23-18-7-6-15(22)11-17(18)21(28)25-8-2-3-9-25/h4-7,10-12,23H,2-3,8-9,13H2,1H3. The van der Waals surface area contributed by atoms with E-state index in [-0.39, 0.29) is 11.5 Å². The van der Waals surface area contributed by atoms with Gasteiger partial charge in [-0.1, -0.05) is 17.7 Å². The molecule has 0 bridgehead atoms. The van der Waals surface area contributed by atoms with Crippen LogP contribution in [0.2, 0.25) is 5.02 Å². The molecule has 7 heteroatoms. The smallest absolute Gasteiger partial charge is 0.258 e. The third kappa shape index (κ3) is 3.60. The number of pyridine rings is 1. The lowest BCUT2D eigenvalue weighted by molar-refractivity contribution is 0.0793. The predicted molar refractivity (Wildman–Crippen MR) is 110 cm³/mol. The Labute approximate surface area is 167 Å². The zero-order valence-electron chi connectivity index (χ0n) is 15.6. The van der Waals surface area contributed by atoms with Crippen LogP contribution < -0.4 is 10.9 Å². The molecule has 0 spiro atoms. The molecule has 1 fully saturated rings. The van der Waals surface area contributed by atoms with Crippen molar-refractivity contribution in [1.29, 1.82) is 0 Å². The number of rotatable bonds is 4. The molecule has 3 heterocycles. The van der Waals surface area contributed by atoms with E-state index in [9.17, 15) is 9.59 Å². The molecule has 1 aliphatic heterocycles. The molecular formula is C21H21ClN4O2. The van der Waals surface area contributed by atoms with Crippen LogP contribution in [0.1, 0.15) is 34.5 Å². The molecule has 1 aromatic carbocycles. The van der Waals surface area contributed by atoms with Gasteiger partial charge < -0.3 is 10.2 Å². The molecule has 6 nitrogen and oxygen atoms in total. The van der Waals surface area contributed by atoms with Gasteiger partial charge in [0.2, 0.25) is 0 Å². The zero-order valence-corrected chi connectivity index (χ0v) is 16.4. The van der Waals surface area contributed by atoms with Gasteiger partial charge in [0.1, 0.15) is 5.65 Å². The van der Waals surface area contributed by atoms with Gasteiger partial charge in [0.05, 0.1) is 17.8 Å². The van der Waals surface area contributed by atoms with E-state index in [0.29, 0.717) is 34.2 Å². The van der Waals surface area contributed by atoms with E-state index in [1.807, 2.05) is 24.0 Å². The number of halogens is 1. The van der Waals surface area contributed by atoms with Gasteiger partial charge in [-0.2, -0.15) is 0 Å². The quantitative estimate of drug-likeness (QED) is 0.732. The highest BCUT2D eigenvalue weighted by molar-refractivity contribution is 6.31. The number of likely N-dealkylation sites (tertiary alicyclic amines) is 1. The number of nitrogens with one attached hydrogen (secondary N) is 1. The van der Waals surface area contributed by atoms with Gasteiger partial charge in [0.25, 0.3) is 11.5 Å². The van der Waals surface area contributed by atoms with Crippen LogP contribution in [-0.4, -0.2) is 33.3 Å². The maximum absolute atomic E-state index is 12.9. The second-order valence-electron chi connectivity index (χ2n) is 7.01. The predicted octanol–water partition coefficient (Wildman–Crippen LogP) is 3.50. The van der Waals surface area contributed by atoms with Crippen LogP contribution in [0.3, 0.4) is 0 Å². The lowest BCUT2D eigenvalue weighted by atomic mass is 10.1. The van der Waals surface area contributed by atoms with Crippen molar-refractivity contribution in [2.45, 2.75) is 26.3 Å². The van der Waals surface area contributed by atoms with Gasteiger partial charge >= 0.3 is 0 Å². The van der Waals surface area contributed by atoms with Gasteiger partial charge in [-0.3, -0.25) is 14.0 Å². The normalized spacial score (nSPS) is 13.9. The van der Waals surface area contributed by atoms with Crippen molar-refractivity contribution < 1.29 is 4.79 Å². The molecule has 1 N–H and O–H groups in total. The van der Waals surface area contributed by atoms with Crippen LogP contribution in [-0.2, 0) is 6.54 Å². The number of hydrogen-bond donors (Lipinski definition) is 1. The Morgan fingerprint density at radius 2 is 2.00 bits per heavy atom. The Balaban J connectivity index is 1.62. The van der Waals surface area contributed by atoms with E-state index in [1.54, 1.807) is 24.4 Å². The van der Waals surface area contributed by atoms with Crippen molar-refractivity contribution in [3.05, 3.63) is 74.8 Å². The summed E-state index contributed by atoms with van der Waals surface area (Å²) in [7, 11) is 0. The Hall–Kier alpha value is -2.86. The minimum Gasteiger partial charge on any atom is -0.379 e. The van der Waals surface area contributed by atoms with E-state index >= 15 is 0 Å². The summed E-state index contributed by atoms with van der Waals surface area (Å²) >= 11 is 6.13. The Morgan fingerprint density at radius 1 is 1.21 bits per heavy atom. The first-order chi connectivity index (χ1) is 13.5. The van der Waals surface area contributed by atoms with Crippen LogP contribution in [0.5, 0.6) is 0 Å². The van der Waals surface area contributed by atoms with Crippen LogP contribution in [0.4, 0.5) is 5.69 Å². The van der Waals surface area contributed by atoms with Gasteiger partial charge in [-0.25, -0.2) is 4.98 Å². The van der Waals surface area contributed by atoms with Crippen molar-refractivity contribution in [3.8, 4) is 0 Å². The third-order valence-corrected chi connectivity index (χ3v) is 5.24. The summed E-state index contributed by atoms with van der Waals surface area (Å²) < 4.78 is 1.53. The van der Waals surface area contributed by atoms with Crippen molar-refractivity contribution in [3.63, 3.8) is 0 Å². The van der Waals surface area contributed by atoms with Gasteiger partial charge in [0.15, 0.2) is 0 Å². The third-order valence-electron chi connectivity index (χ3n) is 5.00. The van der Waals surface area contributed by atoms with Crippen LogP contribution in [0.25, 0.3) is 5.65 Å². The number of nitrogens with zero attached hydrogens (tertiary/aromatic N) is 3. The number of fused-ring (bicyclic) bond motifs is 1. The molecule has 0 atom stereocenters. The highest BCUT2D eigenvalue weighted by Crippen LogP contribution is 2.24. The van der Waals surface area contributed by atoms with Crippen molar-refractivity contribution >= 4 is 28.8 Å². The highest BCUT2D eigenvalue weighted by Gasteiger charge is 2.22. The van der Waals surface area contributed by atoms with Crippen molar-refractivity contribution in [1.82, 2.24) is 14.3 Å². The molecule has 3 aromatic rings. The zero-order chi connectivity index (χ0) is 19.7. The molecule has 0 unspecified atom stereocenters. The van der Waals surface area contributed by atoms with Crippen molar-refractivity contribution in [2.24, 2.45) is 0 Å². The summed E-state index contributed by atoms with van der Waals surface area (Å²) in [6, 6.07) is 10.5. The highest BCUT2D eigenvalue weighted by atomic mass is 35.5. The molecule has 0 aliphatic carbocycles. The first-order valence-electron chi connectivity index (χ1n) is 9.33. The van der Waals surface area contributed by atoms with E-state index in [0.717, 1.165) is 31.5 Å². The first kappa shape index (κ1) is 18.5. The molecule has 1 saturated heterocycles. The van der Waals surface area contributed by atoms with Crippen molar-refractivity contribution in [2.75, 3.05) is 18.4 Å². The molecule has 0 saturated carbocycles. The van der Waals surface area contributed by atoms with Gasteiger partial charge in [-0.15, -0.1) is 0 Å². The SMILES string of the molecule is Cc1cccn2c(=O)cc(CNc3ccc(Cl)cc3C(=O)N3CCCC3)nc12. The van der Waals surface area contributed by atoms with Gasteiger partial charge in [0, 0.05) is 36.1 Å². The summed E-state index contributed by atoms with van der Waals surface area (Å²) in [6.07, 6.45) is 3.76. The summed E-state index contributed by atoms with van der Waals surface area (Å²) in [6.45, 7) is 3.80. The topological polar surface area (TPSA) is 66.7 Å². The van der Waals surface area contributed by atoms with E-state index < -0.39 is 0 Å². The minimum atomic E-state index is -0.130. The van der Waals surface area contributed by atoms with Crippen LogP contribution >= 0.6 is 11.6 Å². The van der Waals surface area contributed by atoms with Crippen LogP contribution in [0, 0.1) is 6.92 Å². The number of amides is 1. The number of benzene rings is 1. The second kappa shape index (κ2) is 7.64. The van der Waals surface area contributed by atoms with E-state index in [1.165, 1.54) is 10.5 Å². The lowest BCUT2D eigenvalue weighted by Crippen LogP contribution is -2.28. The molecule has 0 radical (unpaired) electrons. The Morgan fingerprint density at radius 3 is 2.79 bits per heavy atom.